The van der Waals surface area contributed by atoms with Crippen molar-refractivity contribution in [2.45, 2.75) is 12.8 Å². The molecule has 0 radical (unpaired) electrons. The van der Waals surface area contributed by atoms with Gasteiger partial charge in [-0.3, -0.25) is 9.69 Å². The fourth-order valence-corrected chi connectivity index (χ4v) is 2.18. The summed E-state index contributed by atoms with van der Waals surface area (Å²) in [5.41, 5.74) is 10.8. The second-order valence-electron chi connectivity index (χ2n) is 4.63. The van der Waals surface area contributed by atoms with E-state index in [1.165, 1.54) is 18.9 Å². The van der Waals surface area contributed by atoms with E-state index in [9.17, 15) is 9.18 Å². The molecule has 2 rings (SSSR count). The summed E-state index contributed by atoms with van der Waals surface area (Å²) in [6, 6.07) is 2.32. The van der Waals surface area contributed by atoms with Gasteiger partial charge in [0.25, 0.3) is 5.91 Å². The molecule has 1 aliphatic heterocycles. The molecular weight excluding hydrogens is 249 g/mol. The molecule has 104 valence electrons. The number of carbonyl (C=O) groups excluding carboxylic acids is 1. The second kappa shape index (κ2) is 5.88. The number of likely N-dealkylation sites (tertiary alicyclic amines) is 1. The predicted octanol–water partition coefficient (Wildman–Crippen LogP) is 0.981. The lowest BCUT2D eigenvalue weighted by Crippen LogP contribution is -2.25. The zero-order valence-electron chi connectivity index (χ0n) is 10.7. The minimum atomic E-state index is -0.693. The van der Waals surface area contributed by atoms with Crippen molar-refractivity contribution in [1.29, 1.82) is 0 Å². The number of amides is 1. The largest absolute Gasteiger partial charge is 0.489 e. The van der Waals surface area contributed by atoms with Crippen LogP contribution in [0.5, 0.6) is 5.75 Å². The zero-order valence-corrected chi connectivity index (χ0v) is 10.7. The van der Waals surface area contributed by atoms with Gasteiger partial charge in [0.1, 0.15) is 6.61 Å². The maximum atomic E-state index is 13.6. The summed E-state index contributed by atoms with van der Waals surface area (Å²) in [7, 11) is 0. The van der Waals surface area contributed by atoms with Gasteiger partial charge in [-0.1, -0.05) is 0 Å². The molecule has 1 saturated heterocycles. The number of nitrogens with two attached hydrogens (primary N) is 2. The molecule has 6 heteroatoms. The summed E-state index contributed by atoms with van der Waals surface area (Å²) in [6.07, 6.45) is 2.39. The van der Waals surface area contributed by atoms with Gasteiger partial charge in [-0.25, -0.2) is 4.39 Å². The summed E-state index contributed by atoms with van der Waals surface area (Å²) >= 11 is 0. The Morgan fingerprint density at radius 3 is 2.68 bits per heavy atom. The summed E-state index contributed by atoms with van der Waals surface area (Å²) in [5, 5.41) is 0. The van der Waals surface area contributed by atoms with Gasteiger partial charge in [0.2, 0.25) is 0 Å². The summed E-state index contributed by atoms with van der Waals surface area (Å²) in [6.45, 7) is 3.23. The highest BCUT2D eigenvalue weighted by Crippen LogP contribution is 2.24. The molecule has 0 bridgehead atoms. The van der Waals surface area contributed by atoms with E-state index >= 15 is 0 Å². The lowest BCUT2D eigenvalue weighted by Gasteiger charge is -2.15. The molecule has 0 unspecified atom stereocenters. The molecule has 1 heterocycles. The number of halogens is 1. The van der Waals surface area contributed by atoms with Crippen LogP contribution in [0.2, 0.25) is 0 Å². The highest BCUT2D eigenvalue weighted by atomic mass is 19.1. The van der Waals surface area contributed by atoms with E-state index in [1.807, 2.05) is 0 Å². The summed E-state index contributed by atoms with van der Waals surface area (Å²) in [4.78, 5) is 13.4. The van der Waals surface area contributed by atoms with Gasteiger partial charge in [-0.05, 0) is 32.0 Å². The minimum Gasteiger partial charge on any atom is -0.489 e. The van der Waals surface area contributed by atoms with Gasteiger partial charge in [0.05, 0.1) is 5.56 Å². The first-order chi connectivity index (χ1) is 9.08. The lowest BCUT2D eigenvalue weighted by atomic mass is 10.1. The van der Waals surface area contributed by atoms with Crippen molar-refractivity contribution in [2.75, 3.05) is 32.0 Å². The Labute approximate surface area is 111 Å². The highest BCUT2D eigenvalue weighted by Gasteiger charge is 2.14. The molecule has 1 amide bonds. The molecule has 0 aromatic heterocycles. The first kappa shape index (κ1) is 13.6. The topological polar surface area (TPSA) is 81.6 Å². The van der Waals surface area contributed by atoms with Crippen molar-refractivity contribution in [3.05, 3.63) is 23.5 Å². The first-order valence-corrected chi connectivity index (χ1v) is 6.32. The number of rotatable bonds is 5. The number of nitrogens with zero attached hydrogens (tertiary/aromatic N) is 1. The summed E-state index contributed by atoms with van der Waals surface area (Å²) < 4.78 is 19.0. The van der Waals surface area contributed by atoms with Crippen LogP contribution in [-0.2, 0) is 0 Å². The summed E-state index contributed by atoms with van der Waals surface area (Å²) in [5.74, 6) is -1.26. The molecule has 1 aliphatic rings. The SMILES string of the molecule is NC(=O)c1cc(OCCN2CCCC2)c(F)cc1N. The number of ether oxygens (including phenoxy) is 1. The van der Waals surface area contributed by atoms with Gasteiger partial charge in [-0.2, -0.15) is 0 Å². The molecule has 1 fully saturated rings. The van der Waals surface area contributed by atoms with Crippen LogP contribution in [0, 0.1) is 5.82 Å². The third-order valence-electron chi connectivity index (χ3n) is 3.23. The first-order valence-electron chi connectivity index (χ1n) is 6.32. The third kappa shape index (κ3) is 3.35. The Kier molecular flexibility index (Phi) is 4.21. The smallest absolute Gasteiger partial charge is 0.250 e. The molecule has 0 aliphatic carbocycles. The zero-order chi connectivity index (χ0) is 13.8. The van der Waals surface area contributed by atoms with Gasteiger partial charge < -0.3 is 16.2 Å². The normalized spacial score (nSPS) is 15.6. The van der Waals surface area contributed by atoms with E-state index in [-0.39, 0.29) is 17.0 Å². The molecule has 0 atom stereocenters. The molecule has 0 spiro atoms. The highest BCUT2D eigenvalue weighted by molar-refractivity contribution is 5.98. The van der Waals surface area contributed by atoms with Crippen molar-refractivity contribution in [3.8, 4) is 5.75 Å². The van der Waals surface area contributed by atoms with Gasteiger partial charge >= 0.3 is 0 Å². The third-order valence-corrected chi connectivity index (χ3v) is 3.23. The standard InChI is InChI=1S/C13H18FN3O2/c14-10-8-11(15)9(13(16)18)7-12(10)19-6-5-17-3-1-2-4-17/h7-8H,1-6,15H2,(H2,16,18). The fourth-order valence-electron chi connectivity index (χ4n) is 2.18. The van der Waals surface area contributed by atoms with Gasteiger partial charge in [0.15, 0.2) is 11.6 Å². The number of nitrogen functional groups attached to an aromatic ring is 1. The van der Waals surface area contributed by atoms with Crippen molar-refractivity contribution in [2.24, 2.45) is 5.73 Å². The molecule has 0 saturated carbocycles. The quantitative estimate of drug-likeness (QED) is 0.779. The van der Waals surface area contributed by atoms with E-state index in [0.717, 1.165) is 25.7 Å². The maximum absolute atomic E-state index is 13.6. The van der Waals surface area contributed by atoms with Crippen molar-refractivity contribution in [1.82, 2.24) is 4.90 Å². The Bertz CT molecular complexity index is 473. The van der Waals surface area contributed by atoms with E-state index in [0.29, 0.717) is 6.61 Å². The second-order valence-corrected chi connectivity index (χ2v) is 4.63. The lowest BCUT2D eigenvalue weighted by molar-refractivity contribution is 0.100. The minimum absolute atomic E-state index is 0.0159. The van der Waals surface area contributed by atoms with Crippen LogP contribution >= 0.6 is 0 Å². The fraction of sp³-hybridized carbons (Fsp3) is 0.462. The number of hydrogen-bond donors (Lipinski definition) is 2. The number of primary amides is 1. The monoisotopic (exact) mass is 267 g/mol. The van der Waals surface area contributed by atoms with E-state index in [1.54, 1.807) is 0 Å². The van der Waals surface area contributed by atoms with Crippen LogP contribution in [-0.4, -0.2) is 37.0 Å². The molecule has 1 aromatic carbocycles. The molecule has 19 heavy (non-hydrogen) atoms. The Hall–Kier alpha value is -1.82. The van der Waals surface area contributed by atoms with E-state index < -0.39 is 11.7 Å². The number of anilines is 1. The van der Waals surface area contributed by atoms with Crippen LogP contribution < -0.4 is 16.2 Å². The van der Waals surface area contributed by atoms with Gasteiger partial charge in [0, 0.05) is 18.3 Å². The van der Waals surface area contributed by atoms with Crippen LogP contribution in [0.1, 0.15) is 23.2 Å². The maximum Gasteiger partial charge on any atom is 0.250 e. The molecule has 4 N–H and O–H groups in total. The van der Waals surface area contributed by atoms with Crippen LogP contribution in [0.25, 0.3) is 0 Å². The molecule has 1 aromatic rings. The molecule has 5 nitrogen and oxygen atoms in total. The number of carbonyl (C=O) groups is 1. The average Bonchev–Trinajstić information content (AvgIpc) is 2.84. The van der Waals surface area contributed by atoms with Crippen molar-refractivity contribution in [3.63, 3.8) is 0 Å². The van der Waals surface area contributed by atoms with Gasteiger partial charge in [-0.15, -0.1) is 0 Å². The Balaban J connectivity index is 1.98. The Morgan fingerprint density at radius 2 is 2.05 bits per heavy atom. The van der Waals surface area contributed by atoms with Crippen LogP contribution in [0.3, 0.4) is 0 Å². The average molecular weight is 267 g/mol. The van der Waals surface area contributed by atoms with E-state index in [2.05, 4.69) is 4.90 Å². The van der Waals surface area contributed by atoms with Crippen molar-refractivity contribution < 1.29 is 13.9 Å². The number of hydrogen-bond acceptors (Lipinski definition) is 4. The Morgan fingerprint density at radius 1 is 1.37 bits per heavy atom. The predicted molar refractivity (Wildman–Crippen MR) is 70.5 cm³/mol. The number of benzene rings is 1. The molecular formula is C13H18FN3O2. The van der Waals surface area contributed by atoms with E-state index in [4.69, 9.17) is 16.2 Å². The van der Waals surface area contributed by atoms with Crippen molar-refractivity contribution >= 4 is 11.6 Å². The van der Waals surface area contributed by atoms with Crippen LogP contribution in [0.15, 0.2) is 12.1 Å². The van der Waals surface area contributed by atoms with Crippen LogP contribution in [0.4, 0.5) is 10.1 Å².